The van der Waals surface area contributed by atoms with Crippen LogP contribution in [-0.4, -0.2) is 18.0 Å². The Morgan fingerprint density at radius 2 is 2.06 bits per heavy atom. The highest BCUT2D eigenvalue weighted by Gasteiger charge is 2.12. The van der Waals surface area contributed by atoms with Crippen LogP contribution in [0, 0.1) is 13.8 Å². The van der Waals surface area contributed by atoms with Gasteiger partial charge in [-0.05, 0) is 37.6 Å². The fourth-order valence-electron chi connectivity index (χ4n) is 1.81. The van der Waals surface area contributed by atoms with Crippen LogP contribution in [0.4, 0.5) is 5.69 Å². The van der Waals surface area contributed by atoms with E-state index in [1.807, 2.05) is 32.0 Å². The number of amides is 1. The Morgan fingerprint density at radius 1 is 1.28 bits per heavy atom. The molecule has 0 aliphatic heterocycles. The van der Waals surface area contributed by atoms with Crippen molar-refractivity contribution in [1.82, 2.24) is 4.98 Å². The molecule has 4 nitrogen and oxygen atoms in total. The van der Waals surface area contributed by atoms with E-state index in [2.05, 4.69) is 10.3 Å². The average molecular weight is 244 g/mol. The third-order valence-electron chi connectivity index (χ3n) is 2.80. The quantitative estimate of drug-likeness (QED) is 0.872. The van der Waals surface area contributed by atoms with Crippen molar-refractivity contribution in [3.05, 3.63) is 47.3 Å². The molecular formula is C14H16N2O2. The molecule has 1 heterocycles. The van der Waals surface area contributed by atoms with Gasteiger partial charge in [0.15, 0.2) is 0 Å². The molecule has 2 aromatic rings. The Bertz CT molecular complexity index is 573. The van der Waals surface area contributed by atoms with Crippen molar-refractivity contribution in [3.8, 4) is 5.75 Å². The summed E-state index contributed by atoms with van der Waals surface area (Å²) in [6.07, 6.45) is 1.75. The maximum Gasteiger partial charge on any atom is 0.257 e. The summed E-state index contributed by atoms with van der Waals surface area (Å²) in [7, 11) is 1.59. The Hall–Kier alpha value is -2.23. The minimum absolute atomic E-state index is 0.141. The number of hydrogen-bond donors (Lipinski definition) is 2. The molecule has 0 aliphatic carbocycles. The number of aromatic nitrogens is 1. The molecule has 0 bridgehead atoms. The van der Waals surface area contributed by atoms with Crippen LogP contribution in [0.2, 0.25) is 0 Å². The average Bonchev–Trinajstić information content (AvgIpc) is 2.76. The van der Waals surface area contributed by atoms with Crippen molar-refractivity contribution in [1.29, 1.82) is 0 Å². The van der Waals surface area contributed by atoms with Gasteiger partial charge in [-0.1, -0.05) is 6.07 Å². The van der Waals surface area contributed by atoms with Gasteiger partial charge in [0, 0.05) is 11.9 Å². The van der Waals surface area contributed by atoms with Crippen LogP contribution in [0.25, 0.3) is 0 Å². The van der Waals surface area contributed by atoms with Crippen LogP contribution < -0.4 is 10.1 Å². The number of hydrogen-bond acceptors (Lipinski definition) is 2. The lowest BCUT2D eigenvalue weighted by Gasteiger charge is -2.10. The second-order valence-electron chi connectivity index (χ2n) is 4.17. The normalized spacial score (nSPS) is 10.2. The van der Waals surface area contributed by atoms with Crippen molar-refractivity contribution in [2.75, 3.05) is 12.4 Å². The third-order valence-corrected chi connectivity index (χ3v) is 2.80. The van der Waals surface area contributed by atoms with Gasteiger partial charge in [-0.25, -0.2) is 0 Å². The van der Waals surface area contributed by atoms with Crippen molar-refractivity contribution in [3.63, 3.8) is 0 Å². The molecule has 0 unspecified atom stereocenters. The first-order chi connectivity index (χ1) is 8.61. The molecule has 0 saturated carbocycles. The van der Waals surface area contributed by atoms with E-state index in [0.717, 1.165) is 11.3 Å². The molecule has 2 rings (SSSR count). The first-order valence-electron chi connectivity index (χ1n) is 5.72. The van der Waals surface area contributed by atoms with Crippen LogP contribution in [0.15, 0.2) is 30.5 Å². The number of H-pyrrole nitrogens is 1. The van der Waals surface area contributed by atoms with Gasteiger partial charge < -0.3 is 15.0 Å². The highest BCUT2D eigenvalue weighted by Crippen LogP contribution is 2.25. The van der Waals surface area contributed by atoms with E-state index < -0.39 is 0 Å². The molecule has 0 aliphatic rings. The zero-order valence-corrected chi connectivity index (χ0v) is 10.7. The van der Waals surface area contributed by atoms with Crippen LogP contribution in [0.5, 0.6) is 5.75 Å². The molecule has 0 saturated heterocycles. The van der Waals surface area contributed by atoms with Crippen LogP contribution in [0.3, 0.4) is 0 Å². The summed E-state index contributed by atoms with van der Waals surface area (Å²) in [5.74, 6) is 0.514. The first-order valence-corrected chi connectivity index (χ1v) is 5.72. The van der Waals surface area contributed by atoms with Crippen LogP contribution >= 0.6 is 0 Å². The van der Waals surface area contributed by atoms with Gasteiger partial charge in [-0.15, -0.1) is 0 Å². The van der Waals surface area contributed by atoms with Crippen molar-refractivity contribution in [2.45, 2.75) is 13.8 Å². The second kappa shape index (κ2) is 4.96. The topological polar surface area (TPSA) is 54.1 Å². The van der Waals surface area contributed by atoms with Gasteiger partial charge in [0.2, 0.25) is 0 Å². The number of anilines is 1. The van der Waals surface area contributed by atoms with Crippen LogP contribution in [-0.2, 0) is 0 Å². The Balaban J connectivity index is 2.27. The lowest BCUT2D eigenvalue weighted by atomic mass is 10.2. The summed E-state index contributed by atoms with van der Waals surface area (Å²) in [5.41, 5.74) is 3.23. The largest absolute Gasteiger partial charge is 0.495 e. The van der Waals surface area contributed by atoms with E-state index >= 15 is 0 Å². The van der Waals surface area contributed by atoms with Crippen LogP contribution in [0.1, 0.15) is 21.6 Å². The highest BCUT2D eigenvalue weighted by atomic mass is 16.5. The number of nitrogens with one attached hydrogen (secondary N) is 2. The second-order valence-corrected chi connectivity index (χ2v) is 4.17. The van der Waals surface area contributed by atoms with E-state index in [9.17, 15) is 4.79 Å². The molecule has 94 valence electrons. The SMILES string of the molecule is COc1ccc(C)cc1NC(=O)c1cc[nH]c1C. The monoisotopic (exact) mass is 244 g/mol. The molecule has 4 heteroatoms. The predicted molar refractivity (Wildman–Crippen MR) is 71.2 cm³/mol. The fourth-order valence-corrected chi connectivity index (χ4v) is 1.81. The molecule has 0 spiro atoms. The van der Waals surface area contributed by atoms with E-state index in [-0.39, 0.29) is 5.91 Å². The zero-order chi connectivity index (χ0) is 13.1. The number of rotatable bonds is 3. The summed E-state index contributed by atoms with van der Waals surface area (Å²) in [6.45, 7) is 3.83. The molecule has 18 heavy (non-hydrogen) atoms. The lowest BCUT2D eigenvalue weighted by molar-refractivity contribution is 0.102. The van der Waals surface area contributed by atoms with Gasteiger partial charge >= 0.3 is 0 Å². The molecule has 0 fully saturated rings. The van der Waals surface area contributed by atoms with E-state index in [4.69, 9.17) is 4.74 Å². The Labute approximate surface area is 106 Å². The molecule has 2 N–H and O–H groups in total. The number of benzene rings is 1. The standard InChI is InChI=1S/C14H16N2O2/c1-9-4-5-13(18-3)12(8-9)16-14(17)11-6-7-15-10(11)2/h4-8,15H,1-3H3,(H,16,17). The summed E-state index contributed by atoms with van der Waals surface area (Å²) in [4.78, 5) is 15.1. The number of methoxy groups -OCH3 is 1. The van der Waals surface area contributed by atoms with E-state index in [0.29, 0.717) is 17.0 Å². The minimum atomic E-state index is -0.141. The van der Waals surface area contributed by atoms with Gasteiger partial charge in [0.1, 0.15) is 5.75 Å². The molecule has 1 amide bonds. The fraction of sp³-hybridized carbons (Fsp3) is 0.214. The molecule has 1 aromatic carbocycles. The van der Waals surface area contributed by atoms with Gasteiger partial charge in [0.25, 0.3) is 5.91 Å². The molecule has 1 aromatic heterocycles. The lowest BCUT2D eigenvalue weighted by Crippen LogP contribution is -2.13. The number of aryl methyl sites for hydroxylation is 2. The number of carbonyl (C=O) groups is 1. The maximum atomic E-state index is 12.1. The summed E-state index contributed by atoms with van der Waals surface area (Å²) >= 11 is 0. The Kier molecular flexibility index (Phi) is 3.37. The number of ether oxygens (including phenoxy) is 1. The summed E-state index contributed by atoms with van der Waals surface area (Å²) in [5, 5.41) is 2.86. The molecule has 0 atom stereocenters. The summed E-state index contributed by atoms with van der Waals surface area (Å²) < 4.78 is 5.23. The first kappa shape index (κ1) is 12.2. The third kappa shape index (κ3) is 2.37. The highest BCUT2D eigenvalue weighted by molar-refractivity contribution is 6.05. The smallest absolute Gasteiger partial charge is 0.257 e. The van der Waals surface area contributed by atoms with Gasteiger partial charge in [-0.2, -0.15) is 0 Å². The van der Waals surface area contributed by atoms with E-state index in [1.165, 1.54) is 0 Å². The number of carbonyl (C=O) groups excluding carboxylic acids is 1. The van der Waals surface area contributed by atoms with Gasteiger partial charge in [0.05, 0.1) is 18.4 Å². The van der Waals surface area contributed by atoms with Crippen molar-refractivity contribution in [2.24, 2.45) is 0 Å². The molecular weight excluding hydrogens is 228 g/mol. The minimum Gasteiger partial charge on any atom is -0.495 e. The van der Waals surface area contributed by atoms with E-state index in [1.54, 1.807) is 19.4 Å². The summed E-state index contributed by atoms with van der Waals surface area (Å²) in [6, 6.07) is 7.43. The van der Waals surface area contributed by atoms with Crippen molar-refractivity contribution < 1.29 is 9.53 Å². The Morgan fingerprint density at radius 3 is 2.67 bits per heavy atom. The zero-order valence-electron chi connectivity index (χ0n) is 10.7. The number of aromatic amines is 1. The predicted octanol–water partition coefficient (Wildman–Crippen LogP) is 2.89. The molecule has 0 radical (unpaired) electrons. The van der Waals surface area contributed by atoms with Gasteiger partial charge in [-0.3, -0.25) is 4.79 Å². The van der Waals surface area contributed by atoms with Crippen molar-refractivity contribution >= 4 is 11.6 Å². The maximum absolute atomic E-state index is 12.1.